The maximum absolute atomic E-state index is 11.5. The number of pyridine rings is 1. The number of halogens is 1. The second-order valence-electron chi connectivity index (χ2n) is 2.80. The third-order valence-electron chi connectivity index (χ3n) is 1.58. The Morgan fingerprint density at radius 1 is 1.56 bits per heavy atom. The molecule has 1 rings (SSSR count). The van der Waals surface area contributed by atoms with Crippen LogP contribution < -0.4 is 16.0 Å². The average molecular weight is 266 g/mol. The normalized spacial score (nSPS) is 11.3. The summed E-state index contributed by atoms with van der Waals surface area (Å²) in [6.45, 7) is -0.529. The van der Waals surface area contributed by atoms with Crippen LogP contribution in [0.5, 0.6) is 0 Å². The first-order valence-electron chi connectivity index (χ1n) is 3.99. The van der Waals surface area contributed by atoms with Gasteiger partial charge in [0.2, 0.25) is 15.9 Å². The summed E-state index contributed by atoms with van der Waals surface area (Å²) in [5, 5.41) is -0.262. The summed E-state index contributed by atoms with van der Waals surface area (Å²) in [7, 11) is -3.90. The summed E-state index contributed by atoms with van der Waals surface area (Å²) in [6.07, 6.45) is 0.970. The molecule has 16 heavy (non-hydrogen) atoms. The Kier molecular flexibility index (Phi) is 3.68. The maximum atomic E-state index is 11.5. The van der Waals surface area contributed by atoms with E-state index in [9.17, 15) is 18.0 Å². The Morgan fingerprint density at radius 3 is 2.69 bits per heavy atom. The topological polar surface area (TPSA) is 122 Å². The smallest absolute Gasteiger partial charge is 0.266 e. The van der Waals surface area contributed by atoms with Crippen LogP contribution in [0.1, 0.15) is 0 Å². The minimum absolute atomic E-state index is 0.252. The molecule has 1 amide bonds. The van der Waals surface area contributed by atoms with Crippen LogP contribution in [-0.4, -0.2) is 25.9 Å². The molecule has 0 aliphatic heterocycles. The van der Waals surface area contributed by atoms with E-state index >= 15 is 0 Å². The highest BCUT2D eigenvalue weighted by molar-refractivity contribution is 7.89. The van der Waals surface area contributed by atoms with Gasteiger partial charge in [0.15, 0.2) is 0 Å². The Balaban J connectivity index is 3.03. The SMILES string of the molecule is NC(=O)CNS(=O)(=O)c1c[nH]c(=O)c(Cl)c1. The maximum Gasteiger partial charge on any atom is 0.266 e. The first-order chi connectivity index (χ1) is 7.33. The van der Waals surface area contributed by atoms with Crippen molar-refractivity contribution in [1.82, 2.24) is 9.71 Å². The van der Waals surface area contributed by atoms with Crippen LogP contribution in [0.2, 0.25) is 5.02 Å². The number of carbonyl (C=O) groups excluding carboxylic acids is 1. The number of aromatic amines is 1. The van der Waals surface area contributed by atoms with Gasteiger partial charge in [-0.3, -0.25) is 9.59 Å². The predicted octanol–water partition coefficient (Wildman–Crippen LogP) is -1.21. The fraction of sp³-hybridized carbons (Fsp3) is 0.143. The predicted molar refractivity (Wildman–Crippen MR) is 56.5 cm³/mol. The van der Waals surface area contributed by atoms with Gasteiger partial charge in [-0.1, -0.05) is 11.6 Å². The van der Waals surface area contributed by atoms with Gasteiger partial charge in [-0.05, 0) is 6.07 Å². The van der Waals surface area contributed by atoms with E-state index < -0.39 is 28.0 Å². The lowest BCUT2D eigenvalue weighted by Gasteiger charge is -2.04. The molecule has 0 radical (unpaired) electrons. The van der Waals surface area contributed by atoms with Crippen molar-refractivity contribution in [3.63, 3.8) is 0 Å². The number of nitrogens with two attached hydrogens (primary N) is 1. The van der Waals surface area contributed by atoms with Gasteiger partial charge in [-0.15, -0.1) is 0 Å². The van der Waals surface area contributed by atoms with Gasteiger partial charge in [0.25, 0.3) is 5.56 Å². The molecule has 0 fully saturated rings. The minimum Gasteiger partial charge on any atom is -0.369 e. The summed E-state index contributed by atoms with van der Waals surface area (Å²) in [5.74, 6) is -0.820. The number of nitrogens with one attached hydrogen (secondary N) is 2. The van der Waals surface area contributed by atoms with Gasteiger partial charge in [-0.25, -0.2) is 13.1 Å². The molecule has 4 N–H and O–H groups in total. The lowest BCUT2D eigenvalue weighted by atomic mass is 10.5. The van der Waals surface area contributed by atoms with Crippen molar-refractivity contribution < 1.29 is 13.2 Å². The molecule has 0 aliphatic rings. The lowest BCUT2D eigenvalue weighted by molar-refractivity contribution is -0.116. The van der Waals surface area contributed by atoms with E-state index in [0.29, 0.717) is 0 Å². The number of hydrogen-bond donors (Lipinski definition) is 3. The monoisotopic (exact) mass is 265 g/mol. The largest absolute Gasteiger partial charge is 0.369 e. The van der Waals surface area contributed by atoms with Crippen LogP contribution in [0.15, 0.2) is 22.0 Å². The average Bonchev–Trinajstić information content (AvgIpc) is 2.19. The molecule has 0 aromatic carbocycles. The standard InChI is InChI=1S/C7H8ClN3O4S/c8-5-1-4(2-10-7(5)13)16(14,15)11-3-6(9)12/h1-2,11H,3H2,(H2,9,12)(H,10,13). The highest BCUT2D eigenvalue weighted by Crippen LogP contribution is 2.09. The third-order valence-corrected chi connectivity index (χ3v) is 3.24. The highest BCUT2D eigenvalue weighted by atomic mass is 35.5. The second kappa shape index (κ2) is 4.64. The fourth-order valence-electron chi connectivity index (χ4n) is 0.842. The highest BCUT2D eigenvalue weighted by Gasteiger charge is 2.15. The molecular formula is C7H8ClN3O4S. The van der Waals surface area contributed by atoms with Gasteiger partial charge < -0.3 is 10.7 Å². The molecule has 0 spiro atoms. The van der Waals surface area contributed by atoms with Crippen LogP contribution in [-0.2, 0) is 14.8 Å². The lowest BCUT2D eigenvalue weighted by Crippen LogP contribution is -2.33. The molecular weight excluding hydrogens is 258 g/mol. The van der Waals surface area contributed by atoms with E-state index in [1.807, 2.05) is 4.72 Å². The molecule has 0 aliphatic carbocycles. The Hall–Kier alpha value is -1.38. The summed E-state index contributed by atoms with van der Waals surface area (Å²) < 4.78 is 24.9. The summed E-state index contributed by atoms with van der Waals surface area (Å²) >= 11 is 5.45. The molecule has 7 nitrogen and oxygen atoms in total. The van der Waals surface area contributed by atoms with Gasteiger partial charge in [0.1, 0.15) is 5.02 Å². The number of rotatable bonds is 4. The zero-order valence-electron chi connectivity index (χ0n) is 7.86. The van der Waals surface area contributed by atoms with Gasteiger partial charge in [-0.2, -0.15) is 0 Å². The molecule has 0 unspecified atom stereocenters. The number of sulfonamides is 1. The number of carbonyl (C=O) groups is 1. The van der Waals surface area contributed by atoms with E-state index in [0.717, 1.165) is 12.3 Å². The number of aromatic nitrogens is 1. The van der Waals surface area contributed by atoms with Crippen molar-refractivity contribution in [3.05, 3.63) is 27.6 Å². The number of amides is 1. The van der Waals surface area contributed by atoms with E-state index in [2.05, 4.69) is 4.98 Å². The summed E-state index contributed by atoms with van der Waals surface area (Å²) in [5.41, 5.74) is 4.18. The Labute approximate surface area is 95.7 Å². The van der Waals surface area contributed by atoms with Crippen LogP contribution in [0.3, 0.4) is 0 Å². The van der Waals surface area contributed by atoms with Crippen molar-refractivity contribution in [2.45, 2.75) is 4.90 Å². The number of H-pyrrole nitrogens is 1. The quantitative estimate of drug-likeness (QED) is 0.632. The molecule has 0 saturated heterocycles. The first kappa shape index (κ1) is 12.7. The summed E-state index contributed by atoms with van der Waals surface area (Å²) in [4.78, 5) is 23.2. The Morgan fingerprint density at radius 2 is 2.19 bits per heavy atom. The summed E-state index contributed by atoms with van der Waals surface area (Å²) in [6, 6.07) is 0.976. The number of primary amides is 1. The van der Waals surface area contributed by atoms with E-state index in [1.54, 1.807) is 0 Å². The minimum atomic E-state index is -3.90. The van der Waals surface area contributed by atoms with Crippen molar-refractivity contribution in [3.8, 4) is 0 Å². The second-order valence-corrected chi connectivity index (χ2v) is 4.98. The molecule has 0 bridgehead atoms. The van der Waals surface area contributed by atoms with E-state index in [-0.39, 0.29) is 9.92 Å². The van der Waals surface area contributed by atoms with Gasteiger partial charge >= 0.3 is 0 Å². The van der Waals surface area contributed by atoms with Gasteiger partial charge in [0.05, 0.1) is 11.4 Å². The Bertz CT molecular complexity index is 565. The first-order valence-corrected chi connectivity index (χ1v) is 5.85. The van der Waals surface area contributed by atoms with Crippen molar-refractivity contribution in [2.24, 2.45) is 5.73 Å². The number of hydrogen-bond acceptors (Lipinski definition) is 4. The molecule has 1 heterocycles. The van der Waals surface area contributed by atoms with E-state index in [4.69, 9.17) is 17.3 Å². The van der Waals surface area contributed by atoms with Crippen LogP contribution in [0.25, 0.3) is 0 Å². The van der Waals surface area contributed by atoms with Crippen molar-refractivity contribution in [2.75, 3.05) is 6.54 Å². The zero-order valence-corrected chi connectivity index (χ0v) is 9.43. The van der Waals surface area contributed by atoms with Crippen molar-refractivity contribution in [1.29, 1.82) is 0 Å². The van der Waals surface area contributed by atoms with Gasteiger partial charge in [0, 0.05) is 6.20 Å². The molecule has 1 aromatic heterocycles. The van der Waals surface area contributed by atoms with Crippen LogP contribution in [0, 0.1) is 0 Å². The molecule has 0 atom stereocenters. The molecule has 88 valence electrons. The van der Waals surface area contributed by atoms with Crippen LogP contribution >= 0.6 is 11.6 Å². The van der Waals surface area contributed by atoms with E-state index in [1.165, 1.54) is 0 Å². The third kappa shape index (κ3) is 3.05. The molecule has 9 heteroatoms. The molecule has 1 aromatic rings. The zero-order chi connectivity index (χ0) is 12.3. The molecule has 0 saturated carbocycles. The van der Waals surface area contributed by atoms with Crippen molar-refractivity contribution >= 4 is 27.5 Å². The fourth-order valence-corrected chi connectivity index (χ4v) is 2.07. The van der Waals surface area contributed by atoms with Crippen LogP contribution in [0.4, 0.5) is 0 Å².